The maximum absolute atomic E-state index is 12.0. The van der Waals surface area contributed by atoms with Crippen molar-refractivity contribution in [1.82, 2.24) is 4.98 Å². The minimum Gasteiger partial charge on any atom is -0.477 e. The number of halogens is 1. The Bertz CT molecular complexity index is 1090. The van der Waals surface area contributed by atoms with Crippen LogP contribution in [0.15, 0.2) is 47.3 Å². The highest BCUT2D eigenvalue weighted by molar-refractivity contribution is 6.31. The summed E-state index contributed by atoms with van der Waals surface area (Å²) in [6, 6.07) is 11.7. The van der Waals surface area contributed by atoms with Crippen LogP contribution in [0.1, 0.15) is 33.2 Å². The smallest absolute Gasteiger partial charge is 0.341 e. The standard InChI is InChI=1S/C19H15ClN2O4/c1-10(23)14-4-2-3-5-16(14)21-9-12-7-13(20)6-11-8-15(19(25)26)18(24)22-17(11)12/h2-8,21H,9H2,1H3,(H,22,24)(H,25,26). The number of benzene rings is 2. The molecule has 0 fully saturated rings. The molecule has 6 nitrogen and oxygen atoms in total. The van der Waals surface area contributed by atoms with Gasteiger partial charge in [0.05, 0.1) is 5.52 Å². The first-order valence-corrected chi connectivity index (χ1v) is 8.17. The second-order valence-corrected chi connectivity index (χ2v) is 6.24. The van der Waals surface area contributed by atoms with E-state index >= 15 is 0 Å². The lowest BCUT2D eigenvalue weighted by Gasteiger charge is -2.12. The summed E-state index contributed by atoms with van der Waals surface area (Å²) in [6.07, 6.45) is 0. The number of para-hydroxylation sites is 1. The number of hydrogen-bond donors (Lipinski definition) is 3. The number of carbonyl (C=O) groups is 2. The van der Waals surface area contributed by atoms with E-state index in [4.69, 9.17) is 16.7 Å². The topological polar surface area (TPSA) is 99.3 Å². The Hall–Kier alpha value is -3.12. The molecule has 0 aliphatic rings. The summed E-state index contributed by atoms with van der Waals surface area (Å²) in [5.41, 5.74) is 1.37. The molecule has 2 aromatic carbocycles. The van der Waals surface area contributed by atoms with E-state index < -0.39 is 11.5 Å². The molecule has 7 heteroatoms. The molecule has 0 saturated carbocycles. The number of Topliss-reactive ketones (excluding diaryl/α,β-unsaturated/α-hetero) is 1. The Morgan fingerprint density at radius 1 is 1.15 bits per heavy atom. The highest BCUT2D eigenvalue weighted by atomic mass is 35.5. The maximum Gasteiger partial charge on any atom is 0.341 e. The number of aromatic carboxylic acids is 1. The Labute approximate surface area is 153 Å². The lowest BCUT2D eigenvalue weighted by Crippen LogP contribution is -2.18. The highest BCUT2D eigenvalue weighted by Gasteiger charge is 2.13. The van der Waals surface area contributed by atoms with Gasteiger partial charge in [0.25, 0.3) is 5.56 Å². The maximum atomic E-state index is 12.0. The number of anilines is 1. The monoisotopic (exact) mass is 370 g/mol. The second kappa shape index (κ2) is 7.01. The number of ketones is 1. The van der Waals surface area contributed by atoms with Gasteiger partial charge in [-0.2, -0.15) is 0 Å². The minimum absolute atomic E-state index is 0.0661. The van der Waals surface area contributed by atoms with Crippen LogP contribution in [-0.2, 0) is 6.54 Å². The van der Waals surface area contributed by atoms with Crippen LogP contribution in [0.2, 0.25) is 5.02 Å². The molecule has 0 unspecified atom stereocenters. The molecule has 1 aromatic heterocycles. The number of nitrogens with one attached hydrogen (secondary N) is 2. The quantitative estimate of drug-likeness (QED) is 0.595. The third-order valence-corrected chi connectivity index (χ3v) is 4.22. The summed E-state index contributed by atoms with van der Waals surface area (Å²) in [5.74, 6) is -1.37. The van der Waals surface area contributed by atoms with E-state index in [0.29, 0.717) is 39.3 Å². The Morgan fingerprint density at radius 3 is 2.58 bits per heavy atom. The number of pyridine rings is 1. The number of hydrogen-bond acceptors (Lipinski definition) is 4. The summed E-state index contributed by atoms with van der Waals surface area (Å²) in [7, 11) is 0. The number of aromatic amines is 1. The number of H-pyrrole nitrogens is 1. The van der Waals surface area contributed by atoms with Crippen LogP contribution in [0.5, 0.6) is 0 Å². The zero-order valence-electron chi connectivity index (χ0n) is 13.8. The van der Waals surface area contributed by atoms with Gasteiger partial charge in [-0.05, 0) is 42.8 Å². The Morgan fingerprint density at radius 2 is 1.88 bits per heavy atom. The molecule has 3 rings (SSSR count). The van der Waals surface area contributed by atoms with Gasteiger partial charge in [0.1, 0.15) is 5.56 Å². The third-order valence-electron chi connectivity index (χ3n) is 4.00. The molecular formula is C19H15ClN2O4. The molecule has 26 heavy (non-hydrogen) atoms. The first-order chi connectivity index (χ1) is 12.4. The predicted molar refractivity (Wildman–Crippen MR) is 100 cm³/mol. The largest absolute Gasteiger partial charge is 0.477 e. The fourth-order valence-corrected chi connectivity index (χ4v) is 3.04. The van der Waals surface area contributed by atoms with Crippen LogP contribution in [0.25, 0.3) is 10.9 Å². The van der Waals surface area contributed by atoms with Gasteiger partial charge < -0.3 is 15.4 Å². The number of carbonyl (C=O) groups excluding carboxylic acids is 1. The summed E-state index contributed by atoms with van der Waals surface area (Å²) in [5, 5.41) is 13.2. The Balaban J connectivity index is 2.03. The average molecular weight is 371 g/mol. The highest BCUT2D eigenvalue weighted by Crippen LogP contribution is 2.24. The molecule has 0 aliphatic heterocycles. The first-order valence-electron chi connectivity index (χ1n) is 7.79. The van der Waals surface area contributed by atoms with Gasteiger partial charge in [-0.25, -0.2) is 4.79 Å². The molecule has 0 spiro atoms. The second-order valence-electron chi connectivity index (χ2n) is 5.80. The fourth-order valence-electron chi connectivity index (χ4n) is 2.79. The van der Waals surface area contributed by atoms with Crippen molar-refractivity contribution < 1.29 is 14.7 Å². The number of fused-ring (bicyclic) bond motifs is 1. The molecule has 1 heterocycles. The van der Waals surface area contributed by atoms with E-state index in [2.05, 4.69) is 10.3 Å². The van der Waals surface area contributed by atoms with Gasteiger partial charge in [0.2, 0.25) is 0 Å². The number of carboxylic acids is 1. The van der Waals surface area contributed by atoms with E-state index in [1.54, 1.807) is 30.3 Å². The molecule has 0 saturated heterocycles. The summed E-state index contributed by atoms with van der Waals surface area (Å²) in [4.78, 5) is 37.5. The average Bonchev–Trinajstić information content (AvgIpc) is 2.59. The van der Waals surface area contributed by atoms with Crippen LogP contribution >= 0.6 is 11.6 Å². The molecule has 3 aromatic rings. The molecule has 3 N–H and O–H groups in total. The number of rotatable bonds is 5. The fraction of sp³-hybridized carbons (Fsp3) is 0.105. The van der Waals surface area contributed by atoms with E-state index in [-0.39, 0.29) is 11.3 Å². The van der Waals surface area contributed by atoms with Crippen molar-refractivity contribution in [3.63, 3.8) is 0 Å². The lowest BCUT2D eigenvalue weighted by molar-refractivity contribution is 0.0695. The van der Waals surface area contributed by atoms with Gasteiger partial charge in [-0.15, -0.1) is 0 Å². The third kappa shape index (κ3) is 3.45. The molecule has 0 bridgehead atoms. The van der Waals surface area contributed by atoms with Crippen molar-refractivity contribution in [1.29, 1.82) is 0 Å². The molecular weight excluding hydrogens is 356 g/mol. The van der Waals surface area contributed by atoms with Crippen molar-refractivity contribution in [3.05, 3.63) is 74.5 Å². The van der Waals surface area contributed by atoms with Crippen molar-refractivity contribution in [2.45, 2.75) is 13.5 Å². The van der Waals surface area contributed by atoms with Crippen molar-refractivity contribution in [3.8, 4) is 0 Å². The first kappa shape index (κ1) is 17.7. The zero-order valence-corrected chi connectivity index (χ0v) is 14.6. The van der Waals surface area contributed by atoms with E-state index in [1.165, 1.54) is 13.0 Å². The summed E-state index contributed by atoms with van der Waals surface area (Å²) in [6.45, 7) is 1.78. The molecule has 132 valence electrons. The van der Waals surface area contributed by atoms with Crippen LogP contribution in [0.3, 0.4) is 0 Å². The SMILES string of the molecule is CC(=O)c1ccccc1NCc1cc(Cl)cc2cc(C(=O)O)c(=O)[nH]c12. The van der Waals surface area contributed by atoms with Gasteiger partial charge in [-0.1, -0.05) is 23.7 Å². The molecule has 0 radical (unpaired) electrons. The number of aromatic nitrogens is 1. The normalized spacial score (nSPS) is 10.7. The van der Waals surface area contributed by atoms with E-state index in [0.717, 1.165) is 0 Å². The van der Waals surface area contributed by atoms with Crippen LogP contribution in [-0.4, -0.2) is 21.8 Å². The van der Waals surface area contributed by atoms with Crippen LogP contribution < -0.4 is 10.9 Å². The predicted octanol–water partition coefficient (Wildman–Crippen LogP) is 3.69. The summed E-state index contributed by atoms with van der Waals surface area (Å²) >= 11 is 6.14. The van der Waals surface area contributed by atoms with E-state index in [9.17, 15) is 14.4 Å². The van der Waals surface area contributed by atoms with Crippen LogP contribution in [0, 0.1) is 0 Å². The zero-order chi connectivity index (χ0) is 18.8. The number of carboxylic acid groups (broad SMARTS) is 1. The minimum atomic E-state index is -1.30. The van der Waals surface area contributed by atoms with E-state index in [1.807, 2.05) is 6.07 Å². The van der Waals surface area contributed by atoms with Gasteiger partial charge in [0, 0.05) is 28.2 Å². The van der Waals surface area contributed by atoms with Crippen molar-refractivity contribution >= 4 is 39.9 Å². The Kier molecular flexibility index (Phi) is 4.77. The van der Waals surface area contributed by atoms with Gasteiger partial charge in [0.15, 0.2) is 5.78 Å². The van der Waals surface area contributed by atoms with Gasteiger partial charge in [-0.3, -0.25) is 9.59 Å². The molecule has 0 aliphatic carbocycles. The van der Waals surface area contributed by atoms with Gasteiger partial charge >= 0.3 is 5.97 Å². The van der Waals surface area contributed by atoms with Crippen LogP contribution in [0.4, 0.5) is 5.69 Å². The molecule has 0 amide bonds. The molecule has 0 atom stereocenters. The lowest BCUT2D eigenvalue weighted by atomic mass is 10.1. The van der Waals surface area contributed by atoms with Crippen molar-refractivity contribution in [2.75, 3.05) is 5.32 Å². The van der Waals surface area contributed by atoms with Crippen molar-refractivity contribution in [2.24, 2.45) is 0 Å². The summed E-state index contributed by atoms with van der Waals surface area (Å²) < 4.78 is 0.